The quantitative estimate of drug-likeness (QED) is 0.517. The van der Waals surface area contributed by atoms with Crippen molar-refractivity contribution >= 4 is 51.9 Å². The molecule has 2 aromatic carbocycles. The minimum Gasteiger partial charge on any atom is -0.497 e. The number of rotatable bonds is 7. The smallest absolute Gasteiger partial charge is 0.266 e. The maximum atomic E-state index is 12.7. The molecule has 150 valence electrons. The predicted octanol–water partition coefficient (Wildman–Crippen LogP) is 4.62. The second-order valence-electron chi connectivity index (χ2n) is 6.63. The first kappa shape index (κ1) is 21.1. The fraction of sp³-hybridized carbons (Fsp3) is 0.227. The molecular weight excluding hydrogens is 404 g/mol. The number of hydrogen-bond donors (Lipinski definition) is 1. The first-order chi connectivity index (χ1) is 14.0. The lowest BCUT2D eigenvalue weighted by Gasteiger charge is -2.14. The van der Waals surface area contributed by atoms with E-state index < -0.39 is 0 Å². The number of benzene rings is 2. The van der Waals surface area contributed by atoms with E-state index in [4.69, 9.17) is 17.0 Å². The third-order valence-corrected chi connectivity index (χ3v) is 5.77. The van der Waals surface area contributed by atoms with Crippen LogP contribution in [0.15, 0.2) is 53.4 Å². The highest BCUT2D eigenvalue weighted by Gasteiger charge is 2.31. The molecule has 0 bridgehead atoms. The number of carbonyl (C=O) groups is 2. The summed E-state index contributed by atoms with van der Waals surface area (Å²) in [6, 6.07) is 15.2. The van der Waals surface area contributed by atoms with Gasteiger partial charge in [0.2, 0.25) is 5.91 Å². The number of nitrogens with zero attached hydrogens (tertiary/aromatic N) is 1. The number of amides is 2. The lowest BCUT2D eigenvalue weighted by molar-refractivity contribution is -0.122. The molecule has 5 nitrogen and oxygen atoms in total. The SMILES string of the molecule is COc1cccc(NC(=O)CCCN2C(=O)C(=Cc3ccc(C)cc3)SC2=S)c1. The summed E-state index contributed by atoms with van der Waals surface area (Å²) in [5, 5.41) is 2.84. The van der Waals surface area contributed by atoms with Gasteiger partial charge >= 0.3 is 0 Å². The van der Waals surface area contributed by atoms with Gasteiger partial charge in [0.15, 0.2) is 0 Å². The molecule has 2 amide bonds. The van der Waals surface area contributed by atoms with Crippen LogP contribution in [-0.4, -0.2) is 34.7 Å². The topological polar surface area (TPSA) is 58.6 Å². The lowest BCUT2D eigenvalue weighted by atomic mass is 10.1. The van der Waals surface area contributed by atoms with Crippen molar-refractivity contribution in [1.29, 1.82) is 0 Å². The number of thioether (sulfide) groups is 1. The molecule has 0 unspecified atom stereocenters. The molecule has 1 fully saturated rings. The summed E-state index contributed by atoms with van der Waals surface area (Å²) in [6.45, 7) is 2.44. The zero-order chi connectivity index (χ0) is 20.8. The number of thiocarbonyl (C=S) groups is 1. The van der Waals surface area contributed by atoms with Gasteiger partial charge in [0.05, 0.1) is 12.0 Å². The van der Waals surface area contributed by atoms with E-state index in [1.54, 1.807) is 24.1 Å². The Bertz CT molecular complexity index is 955. The third kappa shape index (κ3) is 5.68. The van der Waals surface area contributed by atoms with Crippen molar-refractivity contribution in [2.24, 2.45) is 0 Å². The van der Waals surface area contributed by atoms with Crippen LogP contribution in [0.5, 0.6) is 5.75 Å². The molecule has 0 atom stereocenters. The van der Waals surface area contributed by atoms with Crippen LogP contribution in [0, 0.1) is 6.92 Å². The third-order valence-electron chi connectivity index (χ3n) is 4.39. The van der Waals surface area contributed by atoms with Crippen molar-refractivity contribution in [2.45, 2.75) is 19.8 Å². The van der Waals surface area contributed by atoms with Crippen LogP contribution in [0.25, 0.3) is 6.08 Å². The van der Waals surface area contributed by atoms with Gasteiger partial charge in [-0.2, -0.15) is 0 Å². The van der Waals surface area contributed by atoms with E-state index in [1.165, 1.54) is 17.3 Å². The molecule has 1 N–H and O–H groups in total. The monoisotopic (exact) mass is 426 g/mol. The van der Waals surface area contributed by atoms with Crippen molar-refractivity contribution in [3.8, 4) is 5.75 Å². The van der Waals surface area contributed by atoms with Crippen LogP contribution in [-0.2, 0) is 9.59 Å². The normalized spacial score (nSPS) is 15.1. The Morgan fingerprint density at radius 3 is 2.72 bits per heavy atom. The summed E-state index contributed by atoms with van der Waals surface area (Å²) >= 11 is 6.66. The average Bonchev–Trinajstić information content (AvgIpc) is 2.97. The van der Waals surface area contributed by atoms with Gasteiger partial charge in [-0.15, -0.1) is 0 Å². The zero-order valence-electron chi connectivity index (χ0n) is 16.3. The van der Waals surface area contributed by atoms with Crippen molar-refractivity contribution in [2.75, 3.05) is 19.0 Å². The highest BCUT2D eigenvalue weighted by molar-refractivity contribution is 8.26. The van der Waals surface area contributed by atoms with Crippen molar-refractivity contribution < 1.29 is 14.3 Å². The molecule has 1 saturated heterocycles. The van der Waals surface area contributed by atoms with Crippen LogP contribution in [0.3, 0.4) is 0 Å². The minimum absolute atomic E-state index is 0.103. The Morgan fingerprint density at radius 2 is 2.00 bits per heavy atom. The van der Waals surface area contributed by atoms with Crippen molar-refractivity contribution in [3.05, 3.63) is 64.6 Å². The van der Waals surface area contributed by atoms with E-state index in [9.17, 15) is 9.59 Å². The Balaban J connectivity index is 1.52. The second-order valence-corrected chi connectivity index (χ2v) is 8.30. The fourth-order valence-corrected chi connectivity index (χ4v) is 4.14. The molecule has 0 saturated carbocycles. The van der Waals surface area contributed by atoms with Crippen LogP contribution >= 0.6 is 24.0 Å². The van der Waals surface area contributed by atoms with E-state index in [1.807, 2.05) is 49.4 Å². The van der Waals surface area contributed by atoms with E-state index >= 15 is 0 Å². The van der Waals surface area contributed by atoms with E-state index in [0.717, 1.165) is 5.56 Å². The average molecular weight is 427 g/mol. The molecule has 1 aliphatic rings. The molecule has 0 aromatic heterocycles. The molecule has 1 heterocycles. The molecule has 2 aromatic rings. The van der Waals surface area contributed by atoms with Crippen molar-refractivity contribution in [3.63, 3.8) is 0 Å². The van der Waals surface area contributed by atoms with E-state index in [0.29, 0.717) is 40.0 Å². The molecular formula is C22H22N2O3S2. The molecule has 3 rings (SSSR count). The first-order valence-electron chi connectivity index (χ1n) is 9.22. The Labute approximate surface area is 180 Å². The number of hydrogen-bond acceptors (Lipinski definition) is 5. The highest BCUT2D eigenvalue weighted by atomic mass is 32.2. The number of aryl methyl sites for hydroxylation is 1. The summed E-state index contributed by atoms with van der Waals surface area (Å²) in [4.78, 5) is 27.0. The van der Waals surface area contributed by atoms with Crippen LogP contribution in [0.2, 0.25) is 0 Å². The molecule has 0 aliphatic carbocycles. The number of carbonyl (C=O) groups excluding carboxylic acids is 2. The van der Waals surface area contributed by atoms with Gasteiger partial charge in [-0.3, -0.25) is 14.5 Å². The fourth-order valence-electron chi connectivity index (χ4n) is 2.83. The first-order valence-corrected chi connectivity index (χ1v) is 10.4. The second kappa shape index (κ2) is 9.71. The van der Waals surface area contributed by atoms with Crippen LogP contribution < -0.4 is 10.1 Å². The van der Waals surface area contributed by atoms with Gasteiger partial charge < -0.3 is 10.1 Å². The van der Waals surface area contributed by atoms with Gasteiger partial charge in [-0.05, 0) is 37.1 Å². The maximum Gasteiger partial charge on any atom is 0.266 e. The number of methoxy groups -OCH3 is 1. The highest BCUT2D eigenvalue weighted by Crippen LogP contribution is 2.32. The predicted molar refractivity (Wildman–Crippen MR) is 122 cm³/mol. The standard InChI is InChI=1S/C22H22N2O3S2/c1-15-8-10-16(11-9-15)13-19-21(26)24(22(28)29-19)12-4-7-20(25)23-17-5-3-6-18(14-17)27-2/h3,5-6,8-11,13-14H,4,7,12H2,1-2H3,(H,23,25). The van der Waals surface area contributed by atoms with Crippen LogP contribution in [0.1, 0.15) is 24.0 Å². The maximum absolute atomic E-state index is 12.7. The molecule has 29 heavy (non-hydrogen) atoms. The summed E-state index contributed by atoms with van der Waals surface area (Å²) in [6.07, 6.45) is 2.68. The summed E-state index contributed by atoms with van der Waals surface area (Å²) in [5.74, 6) is 0.466. The molecule has 0 radical (unpaired) electrons. The van der Waals surface area contributed by atoms with Crippen LogP contribution in [0.4, 0.5) is 5.69 Å². The van der Waals surface area contributed by atoms with Gasteiger partial charge in [0.1, 0.15) is 10.1 Å². The Hall–Kier alpha value is -2.64. The van der Waals surface area contributed by atoms with Gasteiger partial charge in [0, 0.05) is 24.7 Å². The summed E-state index contributed by atoms with van der Waals surface area (Å²) < 4.78 is 5.68. The molecule has 7 heteroatoms. The molecule has 1 aliphatic heterocycles. The Kier molecular flexibility index (Phi) is 7.06. The lowest BCUT2D eigenvalue weighted by Crippen LogP contribution is -2.29. The molecule has 0 spiro atoms. The van der Waals surface area contributed by atoms with Gasteiger partial charge in [0.25, 0.3) is 5.91 Å². The Morgan fingerprint density at radius 1 is 1.24 bits per heavy atom. The van der Waals surface area contributed by atoms with Crippen molar-refractivity contribution in [1.82, 2.24) is 4.90 Å². The van der Waals surface area contributed by atoms with E-state index in [-0.39, 0.29) is 11.8 Å². The number of nitrogens with one attached hydrogen (secondary N) is 1. The number of ether oxygens (including phenoxy) is 1. The van der Waals surface area contributed by atoms with E-state index in [2.05, 4.69) is 5.32 Å². The zero-order valence-corrected chi connectivity index (χ0v) is 17.9. The summed E-state index contributed by atoms with van der Waals surface area (Å²) in [5.41, 5.74) is 2.82. The van der Waals surface area contributed by atoms with Gasteiger partial charge in [-0.1, -0.05) is 59.9 Å². The van der Waals surface area contributed by atoms with Gasteiger partial charge in [-0.25, -0.2) is 0 Å². The minimum atomic E-state index is -0.112. The number of anilines is 1. The summed E-state index contributed by atoms with van der Waals surface area (Å²) in [7, 11) is 1.58. The largest absolute Gasteiger partial charge is 0.497 e.